The number of β-amino-alcohol motifs (C(OH)–C–C–N with tert-alkyl or cyclic N) is 1. The van der Waals surface area contributed by atoms with Gasteiger partial charge in [0.25, 0.3) is 0 Å². The monoisotopic (exact) mass is 339 g/mol. The summed E-state index contributed by atoms with van der Waals surface area (Å²) in [5.41, 5.74) is 0. The van der Waals surface area contributed by atoms with Gasteiger partial charge in [-0.05, 0) is 18.2 Å². The maximum atomic E-state index is 12.4. The third-order valence-corrected chi connectivity index (χ3v) is 5.25. The number of benzene rings is 1. The number of sulfonamides is 1. The van der Waals surface area contributed by atoms with Crippen molar-refractivity contribution >= 4 is 39.2 Å². The first kappa shape index (κ1) is 15.5. The van der Waals surface area contributed by atoms with E-state index in [0.717, 1.165) is 4.31 Å². The zero-order valence-corrected chi connectivity index (χ0v) is 12.4. The van der Waals surface area contributed by atoms with E-state index in [1.807, 2.05) is 0 Å². The molecular weight excluding hydrogens is 329 g/mol. The van der Waals surface area contributed by atoms with Crippen molar-refractivity contribution in [2.24, 2.45) is 0 Å². The van der Waals surface area contributed by atoms with Gasteiger partial charge < -0.3 is 10.2 Å². The Morgan fingerprint density at radius 2 is 1.80 bits per heavy atom. The number of halogens is 2. The summed E-state index contributed by atoms with van der Waals surface area (Å²) in [6, 6.07) is 2.45. The first-order valence-corrected chi connectivity index (χ1v) is 7.80. The molecule has 1 aromatic rings. The van der Waals surface area contributed by atoms with Crippen LogP contribution in [-0.2, 0) is 14.8 Å². The minimum absolute atomic E-state index is 0.127. The molecule has 110 valence electrons. The lowest BCUT2D eigenvalue weighted by molar-refractivity contribution is -0.140. The molecule has 0 saturated carbocycles. The number of hydrogen-bond donors (Lipinski definition) is 2. The molecule has 9 heteroatoms. The van der Waals surface area contributed by atoms with Crippen LogP contribution in [-0.4, -0.2) is 47.6 Å². The molecule has 0 spiro atoms. The average Bonchev–Trinajstić information content (AvgIpc) is 2.71. The molecule has 2 N–H and O–H groups in total. The standard InChI is InChI=1S/C11H11Cl2NO5S/c12-6-1-7(13)3-9(2-6)20(18,19)14-5-8(15)4-10(14)11(16)17/h1-3,8,10,15H,4-5H2,(H,16,17)/t8-,10+/m1/s1. The lowest BCUT2D eigenvalue weighted by atomic mass is 10.2. The van der Waals surface area contributed by atoms with Gasteiger partial charge in [-0.1, -0.05) is 23.2 Å². The van der Waals surface area contributed by atoms with Gasteiger partial charge in [-0.15, -0.1) is 0 Å². The van der Waals surface area contributed by atoms with Crippen LogP contribution >= 0.6 is 23.2 Å². The first-order chi connectivity index (χ1) is 9.21. The number of carboxylic acids is 1. The van der Waals surface area contributed by atoms with Crippen molar-refractivity contribution in [3.05, 3.63) is 28.2 Å². The number of carbonyl (C=O) groups is 1. The van der Waals surface area contributed by atoms with Gasteiger partial charge in [-0.3, -0.25) is 4.79 Å². The Bertz CT molecular complexity index is 628. The van der Waals surface area contributed by atoms with E-state index in [9.17, 15) is 18.3 Å². The fraction of sp³-hybridized carbons (Fsp3) is 0.364. The van der Waals surface area contributed by atoms with Gasteiger partial charge in [0.15, 0.2) is 0 Å². The van der Waals surface area contributed by atoms with Gasteiger partial charge in [0.05, 0.1) is 11.0 Å². The lowest BCUT2D eigenvalue weighted by Gasteiger charge is -2.20. The Labute approximate surface area is 125 Å². The zero-order chi connectivity index (χ0) is 15.1. The molecule has 0 radical (unpaired) electrons. The normalized spacial score (nSPS) is 23.9. The molecule has 1 saturated heterocycles. The second kappa shape index (κ2) is 5.50. The Morgan fingerprint density at radius 3 is 2.30 bits per heavy atom. The molecule has 0 aromatic heterocycles. The fourth-order valence-corrected chi connectivity index (χ4v) is 4.44. The van der Waals surface area contributed by atoms with E-state index in [1.165, 1.54) is 18.2 Å². The highest BCUT2D eigenvalue weighted by molar-refractivity contribution is 7.89. The highest BCUT2D eigenvalue weighted by Gasteiger charge is 2.43. The minimum Gasteiger partial charge on any atom is -0.480 e. The van der Waals surface area contributed by atoms with Gasteiger partial charge in [-0.25, -0.2) is 8.42 Å². The number of aliphatic carboxylic acids is 1. The van der Waals surface area contributed by atoms with E-state index < -0.39 is 28.1 Å². The molecule has 20 heavy (non-hydrogen) atoms. The molecule has 0 amide bonds. The van der Waals surface area contributed by atoms with Crippen molar-refractivity contribution in [3.8, 4) is 0 Å². The quantitative estimate of drug-likeness (QED) is 0.862. The summed E-state index contributed by atoms with van der Waals surface area (Å²) in [7, 11) is -4.09. The molecule has 6 nitrogen and oxygen atoms in total. The third-order valence-electron chi connectivity index (χ3n) is 2.96. The van der Waals surface area contributed by atoms with Crippen LogP contribution in [0.15, 0.2) is 23.1 Å². The van der Waals surface area contributed by atoms with Gasteiger partial charge in [0, 0.05) is 23.0 Å². The smallest absolute Gasteiger partial charge is 0.322 e. The molecule has 2 rings (SSSR count). The molecule has 1 heterocycles. The van der Waals surface area contributed by atoms with Crippen LogP contribution in [0.5, 0.6) is 0 Å². The van der Waals surface area contributed by atoms with Crippen molar-refractivity contribution in [2.45, 2.75) is 23.5 Å². The minimum atomic E-state index is -4.09. The Morgan fingerprint density at radius 1 is 1.25 bits per heavy atom. The zero-order valence-electron chi connectivity index (χ0n) is 10.0. The topological polar surface area (TPSA) is 94.9 Å². The SMILES string of the molecule is O=C(O)[C@@H]1C[C@@H](O)CN1S(=O)(=O)c1cc(Cl)cc(Cl)c1. The predicted octanol–water partition coefficient (Wildman–Crippen LogP) is 1.20. The fourth-order valence-electron chi connectivity index (χ4n) is 2.09. The van der Waals surface area contributed by atoms with Crippen LogP contribution in [0.3, 0.4) is 0 Å². The lowest BCUT2D eigenvalue weighted by Crippen LogP contribution is -2.40. The first-order valence-electron chi connectivity index (χ1n) is 5.60. The largest absolute Gasteiger partial charge is 0.480 e. The van der Waals surface area contributed by atoms with Crippen LogP contribution < -0.4 is 0 Å². The van der Waals surface area contributed by atoms with Crippen molar-refractivity contribution in [1.82, 2.24) is 4.31 Å². The van der Waals surface area contributed by atoms with Crippen molar-refractivity contribution < 1.29 is 23.4 Å². The number of nitrogens with zero attached hydrogens (tertiary/aromatic N) is 1. The number of carboxylic acid groups (broad SMARTS) is 1. The number of hydrogen-bond acceptors (Lipinski definition) is 4. The molecule has 1 aliphatic heterocycles. The van der Waals surface area contributed by atoms with Gasteiger partial charge >= 0.3 is 5.97 Å². The van der Waals surface area contributed by atoms with Crippen molar-refractivity contribution in [3.63, 3.8) is 0 Å². The van der Waals surface area contributed by atoms with Gasteiger partial charge in [0.1, 0.15) is 6.04 Å². The van der Waals surface area contributed by atoms with Crippen molar-refractivity contribution in [2.75, 3.05) is 6.54 Å². The van der Waals surface area contributed by atoms with Crippen LogP contribution in [0.2, 0.25) is 10.0 Å². The van der Waals surface area contributed by atoms with Crippen LogP contribution in [0.1, 0.15) is 6.42 Å². The van der Waals surface area contributed by atoms with E-state index in [1.54, 1.807) is 0 Å². The highest BCUT2D eigenvalue weighted by Crippen LogP contribution is 2.29. The molecule has 2 atom stereocenters. The molecule has 0 bridgehead atoms. The summed E-state index contributed by atoms with van der Waals surface area (Å²) in [5.74, 6) is -1.31. The highest BCUT2D eigenvalue weighted by atomic mass is 35.5. The van der Waals surface area contributed by atoms with Crippen molar-refractivity contribution in [1.29, 1.82) is 0 Å². The summed E-state index contributed by atoms with van der Waals surface area (Å²) in [6.07, 6.45) is -1.16. The third kappa shape index (κ3) is 2.91. The second-order valence-electron chi connectivity index (χ2n) is 4.42. The summed E-state index contributed by atoms with van der Waals surface area (Å²) >= 11 is 11.5. The Balaban J connectivity index is 2.46. The van der Waals surface area contributed by atoms with E-state index in [0.29, 0.717) is 0 Å². The number of rotatable bonds is 3. The maximum Gasteiger partial charge on any atom is 0.322 e. The molecular formula is C11H11Cl2NO5S. The van der Waals surface area contributed by atoms with Crippen LogP contribution in [0.4, 0.5) is 0 Å². The molecule has 1 fully saturated rings. The molecule has 0 unspecified atom stereocenters. The summed E-state index contributed by atoms with van der Waals surface area (Å²) in [4.78, 5) is 10.9. The molecule has 1 aromatic carbocycles. The summed E-state index contributed by atoms with van der Waals surface area (Å²) in [5, 5.41) is 18.8. The number of aliphatic hydroxyl groups is 1. The van der Waals surface area contributed by atoms with Gasteiger partial charge in [-0.2, -0.15) is 4.31 Å². The van der Waals surface area contributed by atoms with E-state index in [4.69, 9.17) is 28.3 Å². The van der Waals surface area contributed by atoms with Crippen LogP contribution in [0, 0.1) is 0 Å². The molecule has 0 aliphatic carbocycles. The second-order valence-corrected chi connectivity index (χ2v) is 7.19. The predicted molar refractivity (Wildman–Crippen MR) is 72.4 cm³/mol. The summed E-state index contributed by atoms with van der Waals surface area (Å²) < 4.78 is 25.6. The molecule has 1 aliphatic rings. The van der Waals surface area contributed by atoms with E-state index in [2.05, 4.69) is 0 Å². The van der Waals surface area contributed by atoms with Gasteiger partial charge in [0.2, 0.25) is 10.0 Å². The average molecular weight is 340 g/mol. The Kier molecular flexibility index (Phi) is 4.27. The Hall–Kier alpha value is -0.860. The summed E-state index contributed by atoms with van der Waals surface area (Å²) in [6.45, 7) is -0.274. The number of aliphatic hydroxyl groups excluding tert-OH is 1. The maximum absolute atomic E-state index is 12.4. The van der Waals surface area contributed by atoms with Crippen LogP contribution in [0.25, 0.3) is 0 Å². The van der Waals surface area contributed by atoms with E-state index in [-0.39, 0.29) is 27.9 Å². The van der Waals surface area contributed by atoms with E-state index >= 15 is 0 Å².